The number of ether oxygens (including phenoxy) is 1. The van der Waals surface area contributed by atoms with Crippen LogP contribution in [0.2, 0.25) is 0 Å². The molecule has 5 heteroatoms. The summed E-state index contributed by atoms with van der Waals surface area (Å²) in [6.07, 6.45) is 0. The highest BCUT2D eigenvalue weighted by Crippen LogP contribution is 2.27. The first-order valence-corrected chi connectivity index (χ1v) is 10.2. The lowest BCUT2D eigenvalue weighted by Crippen LogP contribution is -2.53. The zero-order valence-corrected chi connectivity index (χ0v) is 16.6. The monoisotopic (exact) mass is 379 g/mol. The molecule has 0 aromatic heterocycles. The quantitative estimate of drug-likeness (QED) is 0.818. The predicted octanol–water partition coefficient (Wildman–Crippen LogP) is 2.72. The van der Waals surface area contributed by atoms with Crippen molar-refractivity contribution in [1.29, 1.82) is 0 Å². The van der Waals surface area contributed by atoms with Gasteiger partial charge in [0, 0.05) is 45.0 Å². The summed E-state index contributed by atoms with van der Waals surface area (Å²) in [5, 5.41) is 0. The molecule has 2 heterocycles. The van der Waals surface area contributed by atoms with Crippen molar-refractivity contribution < 1.29 is 9.53 Å². The highest BCUT2D eigenvalue weighted by molar-refractivity contribution is 5.83. The molecule has 1 atom stereocenters. The molecule has 2 aliphatic rings. The summed E-state index contributed by atoms with van der Waals surface area (Å²) in [6, 6.07) is 18.7. The molecule has 2 aromatic carbocycles. The molecular weight excluding hydrogens is 350 g/mol. The number of carbonyl (C=O) groups excluding carboxylic acids is 1. The number of morpholine rings is 1. The van der Waals surface area contributed by atoms with Crippen LogP contribution in [0.4, 0.5) is 5.69 Å². The molecule has 148 valence electrons. The Morgan fingerprint density at radius 2 is 1.61 bits per heavy atom. The SMILES string of the molecule is Cc1cccc(N2CCN(C(C(=O)N3CCOCC3)c3ccccc3)CC2)c1. The number of benzene rings is 2. The van der Waals surface area contributed by atoms with Gasteiger partial charge in [-0.25, -0.2) is 0 Å². The molecular formula is C23H29N3O2. The normalized spacial score (nSPS) is 19.5. The van der Waals surface area contributed by atoms with Crippen LogP contribution < -0.4 is 4.90 Å². The van der Waals surface area contributed by atoms with Crippen LogP contribution >= 0.6 is 0 Å². The van der Waals surface area contributed by atoms with Gasteiger partial charge in [0.05, 0.1) is 13.2 Å². The van der Waals surface area contributed by atoms with E-state index in [0.717, 1.165) is 31.7 Å². The molecule has 0 bridgehead atoms. The fourth-order valence-electron chi connectivity index (χ4n) is 4.16. The molecule has 5 nitrogen and oxygen atoms in total. The van der Waals surface area contributed by atoms with Crippen LogP contribution in [0.5, 0.6) is 0 Å². The number of nitrogens with zero attached hydrogens (tertiary/aromatic N) is 3. The van der Waals surface area contributed by atoms with E-state index in [4.69, 9.17) is 4.74 Å². The zero-order valence-electron chi connectivity index (χ0n) is 16.6. The second-order valence-electron chi connectivity index (χ2n) is 7.61. The Bertz CT molecular complexity index is 781. The number of hydrogen-bond acceptors (Lipinski definition) is 4. The van der Waals surface area contributed by atoms with Crippen molar-refractivity contribution in [1.82, 2.24) is 9.80 Å². The van der Waals surface area contributed by atoms with E-state index in [1.165, 1.54) is 11.3 Å². The van der Waals surface area contributed by atoms with Crippen LogP contribution in [0.15, 0.2) is 54.6 Å². The van der Waals surface area contributed by atoms with E-state index >= 15 is 0 Å². The average Bonchev–Trinajstić information content (AvgIpc) is 2.76. The van der Waals surface area contributed by atoms with Crippen LogP contribution in [-0.4, -0.2) is 68.2 Å². The minimum Gasteiger partial charge on any atom is -0.378 e. The minimum absolute atomic E-state index is 0.207. The first kappa shape index (κ1) is 19.0. The largest absolute Gasteiger partial charge is 0.378 e. The molecule has 1 amide bonds. The fraction of sp³-hybridized carbons (Fsp3) is 0.435. The molecule has 1 unspecified atom stereocenters. The second-order valence-corrected chi connectivity index (χ2v) is 7.61. The van der Waals surface area contributed by atoms with Crippen molar-refractivity contribution in [2.24, 2.45) is 0 Å². The van der Waals surface area contributed by atoms with Crippen molar-refractivity contribution in [2.75, 3.05) is 57.4 Å². The molecule has 0 radical (unpaired) electrons. The Hall–Kier alpha value is -2.37. The van der Waals surface area contributed by atoms with Gasteiger partial charge in [0.15, 0.2) is 0 Å². The van der Waals surface area contributed by atoms with E-state index in [-0.39, 0.29) is 11.9 Å². The van der Waals surface area contributed by atoms with Gasteiger partial charge >= 0.3 is 0 Å². The average molecular weight is 380 g/mol. The van der Waals surface area contributed by atoms with Gasteiger partial charge in [-0.2, -0.15) is 0 Å². The summed E-state index contributed by atoms with van der Waals surface area (Å²) in [5.41, 5.74) is 3.64. The van der Waals surface area contributed by atoms with Crippen molar-refractivity contribution >= 4 is 11.6 Å². The molecule has 28 heavy (non-hydrogen) atoms. The molecule has 2 saturated heterocycles. The van der Waals surface area contributed by atoms with Gasteiger partial charge in [0.1, 0.15) is 6.04 Å². The van der Waals surface area contributed by atoms with Crippen molar-refractivity contribution in [3.05, 3.63) is 65.7 Å². The van der Waals surface area contributed by atoms with Crippen LogP contribution in [0.25, 0.3) is 0 Å². The first-order chi connectivity index (χ1) is 13.7. The summed E-state index contributed by atoms with van der Waals surface area (Å²) in [7, 11) is 0. The number of piperazine rings is 1. The Morgan fingerprint density at radius 3 is 2.29 bits per heavy atom. The van der Waals surface area contributed by atoms with Crippen molar-refractivity contribution in [2.45, 2.75) is 13.0 Å². The number of aryl methyl sites for hydroxylation is 1. The highest BCUT2D eigenvalue weighted by atomic mass is 16.5. The van der Waals surface area contributed by atoms with Crippen molar-refractivity contribution in [3.8, 4) is 0 Å². The second kappa shape index (κ2) is 8.76. The zero-order chi connectivity index (χ0) is 19.3. The van der Waals surface area contributed by atoms with E-state index in [0.29, 0.717) is 26.3 Å². The summed E-state index contributed by atoms with van der Waals surface area (Å²) in [4.78, 5) is 20.1. The summed E-state index contributed by atoms with van der Waals surface area (Å²) < 4.78 is 5.44. The van der Waals surface area contributed by atoms with E-state index < -0.39 is 0 Å². The van der Waals surface area contributed by atoms with E-state index in [1.54, 1.807) is 0 Å². The summed E-state index contributed by atoms with van der Waals surface area (Å²) in [5.74, 6) is 0.207. The van der Waals surface area contributed by atoms with Gasteiger partial charge in [0.25, 0.3) is 0 Å². The van der Waals surface area contributed by atoms with Crippen LogP contribution in [0, 0.1) is 6.92 Å². The molecule has 0 aliphatic carbocycles. The molecule has 0 spiro atoms. The predicted molar refractivity (Wildman–Crippen MR) is 112 cm³/mol. The number of hydrogen-bond donors (Lipinski definition) is 0. The molecule has 2 fully saturated rings. The smallest absolute Gasteiger partial charge is 0.244 e. The lowest BCUT2D eigenvalue weighted by Gasteiger charge is -2.41. The summed E-state index contributed by atoms with van der Waals surface area (Å²) >= 11 is 0. The third kappa shape index (κ3) is 4.21. The van der Waals surface area contributed by atoms with Crippen LogP contribution in [0.3, 0.4) is 0 Å². The third-order valence-corrected chi connectivity index (χ3v) is 5.72. The van der Waals surface area contributed by atoms with Gasteiger partial charge < -0.3 is 14.5 Å². The Balaban J connectivity index is 1.50. The maximum atomic E-state index is 13.4. The standard InChI is InChI=1S/C23H29N3O2/c1-19-6-5-9-21(18-19)24-10-12-25(13-11-24)22(20-7-3-2-4-8-20)23(27)26-14-16-28-17-15-26/h2-9,18,22H,10-17H2,1H3. The first-order valence-electron chi connectivity index (χ1n) is 10.2. The maximum Gasteiger partial charge on any atom is 0.244 e. The van der Waals surface area contributed by atoms with Crippen molar-refractivity contribution in [3.63, 3.8) is 0 Å². The minimum atomic E-state index is -0.209. The lowest BCUT2D eigenvalue weighted by molar-refractivity contribution is -0.141. The fourth-order valence-corrected chi connectivity index (χ4v) is 4.16. The number of anilines is 1. The van der Waals surface area contributed by atoms with Crippen LogP contribution in [-0.2, 0) is 9.53 Å². The summed E-state index contributed by atoms with van der Waals surface area (Å²) in [6.45, 7) is 8.39. The van der Waals surface area contributed by atoms with Gasteiger partial charge in [-0.05, 0) is 30.2 Å². The van der Waals surface area contributed by atoms with Gasteiger partial charge in [-0.15, -0.1) is 0 Å². The number of amides is 1. The maximum absolute atomic E-state index is 13.4. The third-order valence-electron chi connectivity index (χ3n) is 5.72. The number of carbonyl (C=O) groups is 1. The molecule has 0 N–H and O–H groups in total. The van der Waals surface area contributed by atoms with Crippen LogP contribution in [0.1, 0.15) is 17.2 Å². The Labute approximate surface area is 167 Å². The molecule has 0 saturated carbocycles. The van der Waals surface area contributed by atoms with Gasteiger partial charge in [-0.1, -0.05) is 42.5 Å². The lowest BCUT2D eigenvalue weighted by atomic mass is 10.0. The highest BCUT2D eigenvalue weighted by Gasteiger charge is 2.33. The topological polar surface area (TPSA) is 36.0 Å². The molecule has 4 rings (SSSR count). The van der Waals surface area contributed by atoms with E-state index in [9.17, 15) is 4.79 Å². The Kier molecular flexibility index (Phi) is 5.93. The van der Waals surface area contributed by atoms with E-state index in [1.807, 2.05) is 23.1 Å². The van der Waals surface area contributed by atoms with E-state index in [2.05, 4.69) is 53.1 Å². The molecule has 2 aromatic rings. The Morgan fingerprint density at radius 1 is 0.893 bits per heavy atom. The molecule has 2 aliphatic heterocycles. The number of rotatable bonds is 4. The van der Waals surface area contributed by atoms with Gasteiger partial charge in [0.2, 0.25) is 5.91 Å². The van der Waals surface area contributed by atoms with Gasteiger partial charge in [-0.3, -0.25) is 9.69 Å².